The van der Waals surface area contributed by atoms with E-state index in [1.54, 1.807) is 0 Å². The highest BCUT2D eigenvalue weighted by Gasteiger charge is 2.39. The van der Waals surface area contributed by atoms with Crippen LogP contribution in [0.25, 0.3) is 0 Å². The van der Waals surface area contributed by atoms with Crippen molar-refractivity contribution in [3.8, 4) is 0 Å². The summed E-state index contributed by atoms with van der Waals surface area (Å²) in [4.78, 5) is 4.10. The number of rotatable bonds is 2. The SMILES string of the molecule is CC.CC.CCC1(c2ccccc2)NC(=S)N=C1N. The topological polar surface area (TPSA) is 50.4 Å². The summed E-state index contributed by atoms with van der Waals surface area (Å²) in [6, 6.07) is 10.0. The van der Waals surface area contributed by atoms with Crippen molar-refractivity contribution in [3.63, 3.8) is 0 Å². The van der Waals surface area contributed by atoms with E-state index in [-0.39, 0.29) is 0 Å². The van der Waals surface area contributed by atoms with Crippen LogP contribution in [0.3, 0.4) is 0 Å². The van der Waals surface area contributed by atoms with Crippen LogP contribution in [0.4, 0.5) is 0 Å². The van der Waals surface area contributed by atoms with Crippen molar-refractivity contribution >= 4 is 23.2 Å². The Labute approximate surface area is 122 Å². The van der Waals surface area contributed by atoms with Gasteiger partial charge in [-0.25, -0.2) is 4.99 Å². The van der Waals surface area contributed by atoms with E-state index in [1.807, 2.05) is 58.0 Å². The van der Waals surface area contributed by atoms with E-state index in [0.717, 1.165) is 12.0 Å². The summed E-state index contributed by atoms with van der Waals surface area (Å²) in [6.45, 7) is 10.1. The monoisotopic (exact) mass is 279 g/mol. The quantitative estimate of drug-likeness (QED) is 0.813. The summed E-state index contributed by atoms with van der Waals surface area (Å²) >= 11 is 5.03. The number of hydrogen-bond acceptors (Lipinski definition) is 2. The number of nitrogens with one attached hydrogen (secondary N) is 1. The second kappa shape index (κ2) is 8.64. The molecule has 0 radical (unpaired) electrons. The highest BCUT2D eigenvalue weighted by Crippen LogP contribution is 2.28. The Kier molecular flexibility index (Phi) is 8.00. The zero-order chi connectivity index (χ0) is 14.9. The van der Waals surface area contributed by atoms with Crippen LogP contribution in [-0.4, -0.2) is 10.9 Å². The molecule has 19 heavy (non-hydrogen) atoms. The number of aliphatic imine (C=N–C) groups is 1. The molecule has 1 aromatic carbocycles. The fraction of sp³-hybridized carbons (Fsp3) is 0.467. The van der Waals surface area contributed by atoms with Gasteiger partial charge in [0.15, 0.2) is 5.11 Å². The number of nitrogens with two attached hydrogens (primary N) is 1. The van der Waals surface area contributed by atoms with Gasteiger partial charge in [0.05, 0.1) is 0 Å². The first-order chi connectivity index (χ1) is 9.19. The minimum Gasteiger partial charge on any atom is -0.385 e. The molecule has 0 amide bonds. The first-order valence-corrected chi connectivity index (χ1v) is 7.32. The number of amidine groups is 1. The molecule has 3 N–H and O–H groups in total. The average molecular weight is 279 g/mol. The molecule has 1 unspecified atom stereocenters. The van der Waals surface area contributed by atoms with Crippen molar-refractivity contribution in [2.24, 2.45) is 10.7 Å². The van der Waals surface area contributed by atoms with Crippen molar-refractivity contribution in [2.45, 2.75) is 46.6 Å². The minimum atomic E-state index is -0.404. The summed E-state index contributed by atoms with van der Waals surface area (Å²) in [5.41, 5.74) is 6.65. The first-order valence-electron chi connectivity index (χ1n) is 6.91. The van der Waals surface area contributed by atoms with E-state index in [4.69, 9.17) is 18.0 Å². The molecule has 0 bridgehead atoms. The Balaban J connectivity index is 0.000000741. The largest absolute Gasteiger partial charge is 0.385 e. The Morgan fingerprint density at radius 1 is 1.16 bits per heavy atom. The van der Waals surface area contributed by atoms with Crippen molar-refractivity contribution < 1.29 is 0 Å². The first kappa shape index (κ1) is 17.6. The van der Waals surface area contributed by atoms with E-state index in [2.05, 4.69) is 17.2 Å². The van der Waals surface area contributed by atoms with Crippen molar-refractivity contribution in [1.82, 2.24) is 5.32 Å². The standard InChI is InChI=1S/C11H13N3S.2C2H6/c1-2-11(8-6-4-3-5-7-8)9(12)13-10(15)14-11;2*1-2/h3-7H,2H2,1H3,(H3,12,13,14,15);2*1-2H3. The van der Waals surface area contributed by atoms with E-state index in [0.29, 0.717) is 10.9 Å². The van der Waals surface area contributed by atoms with Gasteiger partial charge in [0.2, 0.25) is 0 Å². The Bertz CT molecular complexity index is 415. The molecule has 0 saturated heterocycles. The smallest absolute Gasteiger partial charge is 0.195 e. The van der Waals surface area contributed by atoms with Crippen LogP contribution in [0.2, 0.25) is 0 Å². The normalized spacial score (nSPS) is 20.3. The number of thiocarbonyl (C=S) groups is 1. The number of hydrogen-bond donors (Lipinski definition) is 2. The van der Waals surface area contributed by atoms with Crippen LogP contribution in [0.15, 0.2) is 35.3 Å². The average Bonchev–Trinajstić information content (AvgIpc) is 2.79. The van der Waals surface area contributed by atoms with E-state index < -0.39 is 5.54 Å². The predicted octanol–water partition coefficient (Wildman–Crippen LogP) is 3.59. The van der Waals surface area contributed by atoms with Crippen LogP contribution < -0.4 is 11.1 Å². The lowest BCUT2D eigenvalue weighted by Crippen LogP contribution is -2.48. The Hall–Kier alpha value is -1.42. The fourth-order valence-corrected chi connectivity index (χ4v) is 2.17. The Morgan fingerprint density at radius 3 is 2.05 bits per heavy atom. The molecule has 0 aliphatic carbocycles. The summed E-state index contributed by atoms with van der Waals surface area (Å²) in [5.74, 6) is 0.557. The van der Waals surface area contributed by atoms with E-state index in [9.17, 15) is 0 Å². The second-order valence-electron chi connectivity index (χ2n) is 3.55. The third-order valence-corrected chi connectivity index (χ3v) is 2.97. The van der Waals surface area contributed by atoms with E-state index in [1.165, 1.54) is 0 Å². The summed E-state index contributed by atoms with van der Waals surface area (Å²) < 4.78 is 0. The van der Waals surface area contributed by atoms with Crippen molar-refractivity contribution in [1.29, 1.82) is 0 Å². The summed E-state index contributed by atoms with van der Waals surface area (Å²) in [7, 11) is 0. The van der Waals surface area contributed by atoms with Gasteiger partial charge in [-0.2, -0.15) is 0 Å². The lowest BCUT2D eigenvalue weighted by Gasteiger charge is -2.28. The molecule has 1 aromatic rings. The lowest BCUT2D eigenvalue weighted by atomic mass is 9.87. The maximum atomic E-state index is 5.95. The molecule has 1 aliphatic rings. The van der Waals surface area contributed by atoms with Gasteiger partial charge in [-0.05, 0) is 24.2 Å². The highest BCUT2D eigenvalue weighted by molar-refractivity contribution is 7.80. The van der Waals surface area contributed by atoms with Gasteiger partial charge in [0.1, 0.15) is 11.4 Å². The molecule has 0 fully saturated rings. The lowest BCUT2D eigenvalue weighted by molar-refractivity contribution is 0.528. The second-order valence-corrected chi connectivity index (χ2v) is 3.94. The summed E-state index contributed by atoms with van der Waals surface area (Å²) in [5, 5.41) is 3.66. The van der Waals surface area contributed by atoms with Crippen LogP contribution in [-0.2, 0) is 5.54 Å². The Morgan fingerprint density at radius 2 is 1.68 bits per heavy atom. The third-order valence-electron chi connectivity index (χ3n) is 2.78. The van der Waals surface area contributed by atoms with Gasteiger partial charge >= 0.3 is 0 Å². The van der Waals surface area contributed by atoms with Crippen molar-refractivity contribution in [2.75, 3.05) is 0 Å². The van der Waals surface area contributed by atoms with Gasteiger partial charge in [-0.3, -0.25) is 0 Å². The van der Waals surface area contributed by atoms with Crippen LogP contribution in [0, 0.1) is 0 Å². The maximum absolute atomic E-state index is 5.95. The zero-order valence-corrected chi connectivity index (χ0v) is 13.3. The van der Waals surface area contributed by atoms with Crippen LogP contribution >= 0.6 is 12.2 Å². The van der Waals surface area contributed by atoms with Crippen LogP contribution in [0.5, 0.6) is 0 Å². The number of benzene rings is 1. The fourth-order valence-electron chi connectivity index (χ4n) is 1.90. The van der Waals surface area contributed by atoms with Gasteiger partial charge in [0, 0.05) is 0 Å². The summed E-state index contributed by atoms with van der Waals surface area (Å²) in [6.07, 6.45) is 0.826. The van der Waals surface area contributed by atoms with Gasteiger partial charge in [-0.1, -0.05) is 65.0 Å². The zero-order valence-electron chi connectivity index (χ0n) is 12.5. The molecule has 0 aromatic heterocycles. The molecule has 2 rings (SSSR count). The molecule has 3 nitrogen and oxygen atoms in total. The van der Waals surface area contributed by atoms with Crippen LogP contribution in [0.1, 0.15) is 46.6 Å². The number of nitrogens with zero attached hydrogens (tertiary/aromatic N) is 1. The van der Waals surface area contributed by atoms with Crippen molar-refractivity contribution in [3.05, 3.63) is 35.9 Å². The van der Waals surface area contributed by atoms with Gasteiger partial charge < -0.3 is 11.1 Å². The molecule has 1 atom stereocenters. The molecule has 1 heterocycles. The molecular formula is C15H25N3S. The highest BCUT2D eigenvalue weighted by atomic mass is 32.1. The molecule has 1 aliphatic heterocycles. The van der Waals surface area contributed by atoms with Gasteiger partial charge in [-0.15, -0.1) is 0 Å². The minimum absolute atomic E-state index is 0.404. The molecular weight excluding hydrogens is 254 g/mol. The maximum Gasteiger partial charge on any atom is 0.195 e. The molecule has 0 saturated carbocycles. The molecule has 106 valence electrons. The molecule has 0 spiro atoms. The van der Waals surface area contributed by atoms with Gasteiger partial charge in [0.25, 0.3) is 0 Å². The van der Waals surface area contributed by atoms with E-state index >= 15 is 0 Å². The third kappa shape index (κ3) is 3.77. The predicted molar refractivity (Wildman–Crippen MR) is 88.5 cm³/mol. The molecule has 4 heteroatoms.